The van der Waals surface area contributed by atoms with E-state index in [1.165, 1.54) is 25.4 Å². The van der Waals surface area contributed by atoms with Crippen molar-refractivity contribution in [2.24, 2.45) is 7.05 Å². The van der Waals surface area contributed by atoms with Crippen LogP contribution in [0.1, 0.15) is 11.1 Å². The van der Waals surface area contributed by atoms with Gasteiger partial charge in [-0.05, 0) is 30.2 Å². The lowest BCUT2D eigenvalue weighted by molar-refractivity contribution is -0.137. The highest BCUT2D eigenvalue weighted by Crippen LogP contribution is 2.32. The second-order valence-electron chi connectivity index (χ2n) is 4.23. The first kappa shape index (κ1) is 13.3. The number of benzene rings is 1. The Bertz CT molecular complexity index is 674. The summed E-state index contributed by atoms with van der Waals surface area (Å²) in [7, 11) is 1.51. The highest BCUT2D eigenvalue weighted by molar-refractivity contribution is 5.66. The molecule has 0 radical (unpaired) electrons. The summed E-state index contributed by atoms with van der Waals surface area (Å²) < 4.78 is 38.8. The lowest BCUT2D eigenvalue weighted by Crippen LogP contribution is -2.18. The van der Waals surface area contributed by atoms with Gasteiger partial charge < -0.3 is 0 Å². The average molecular weight is 268 g/mol. The van der Waals surface area contributed by atoms with Crippen molar-refractivity contribution in [3.63, 3.8) is 0 Å². The van der Waals surface area contributed by atoms with Crippen molar-refractivity contribution >= 4 is 0 Å². The molecular formula is C13H11F3N2O. The molecule has 1 aromatic heterocycles. The Morgan fingerprint density at radius 1 is 1.21 bits per heavy atom. The number of alkyl halides is 3. The Morgan fingerprint density at radius 2 is 1.89 bits per heavy atom. The van der Waals surface area contributed by atoms with Gasteiger partial charge in [0.25, 0.3) is 5.56 Å². The molecule has 0 bridgehead atoms. The fourth-order valence-corrected chi connectivity index (χ4v) is 1.78. The summed E-state index contributed by atoms with van der Waals surface area (Å²) >= 11 is 0. The molecule has 1 aromatic carbocycles. The van der Waals surface area contributed by atoms with E-state index in [1.807, 2.05) is 0 Å². The van der Waals surface area contributed by atoms with Crippen molar-refractivity contribution in [3.8, 4) is 11.1 Å². The fraction of sp³-hybridized carbons (Fsp3) is 0.231. The molecule has 0 spiro atoms. The van der Waals surface area contributed by atoms with Crippen LogP contribution in [0.3, 0.4) is 0 Å². The summed E-state index contributed by atoms with van der Waals surface area (Å²) in [5.41, 5.74) is 0.514. The predicted octanol–water partition coefficient (Wildman–Crippen LogP) is 2.77. The summed E-state index contributed by atoms with van der Waals surface area (Å²) in [6, 6.07) is 4.77. The minimum absolute atomic E-state index is 0.309. The zero-order chi connectivity index (χ0) is 14.2. The van der Waals surface area contributed by atoms with Crippen molar-refractivity contribution in [3.05, 3.63) is 51.9 Å². The van der Waals surface area contributed by atoms with Crippen molar-refractivity contribution < 1.29 is 13.2 Å². The highest BCUT2D eigenvalue weighted by atomic mass is 19.4. The molecule has 0 atom stereocenters. The zero-order valence-corrected chi connectivity index (χ0v) is 10.3. The quantitative estimate of drug-likeness (QED) is 0.797. The molecule has 6 heteroatoms. The molecule has 2 rings (SSSR count). The standard InChI is InChI=1S/C13H11F3N2O/c1-8-5-10(13(14,15)16)3-4-11(8)9-6-12(19)18(2)17-7-9/h3-7H,1-2H3. The van der Waals surface area contributed by atoms with Gasteiger partial charge in [0.05, 0.1) is 11.8 Å². The summed E-state index contributed by atoms with van der Waals surface area (Å²) in [6.45, 7) is 1.57. The number of aromatic nitrogens is 2. The third kappa shape index (κ3) is 2.67. The summed E-state index contributed by atoms with van der Waals surface area (Å²) in [4.78, 5) is 11.5. The molecule has 0 unspecified atom stereocenters. The number of hydrogen-bond donors (Lipinski definition) is 0. The maximum Gasteiger partial charge on any atom is 0.416 e. The monoisotopic (exact) mass is 268 g/mol. The third-order valence-electron chi connectivity index (χ3n) is 2.83. The van der Waals surface area contributed by atoms with Crippen LogP contribution in [0.4, 0.5) is 13.2 Å². The van der Waals surface area contributed by atoms with Crippen LogP contribution >= 0.6 is 0 Å². The van der Waals surface area contributed by atoms with Crippen LogP contribution in [-0.2, 0) is 13.2 Å². The Kier molecular flexibility index (Phi) is 3.18. The van der Waals surface area contributed by atoms with Crippen LogP contribution in [0.25, 0.3) is 11.1 Å². The SMILES string of the molecule is Cc1cc(C(F)(F)F)ccc1-c1cnn(C)c(=O)c1. The molecule has 2 aromatic rings. The van der Waals surface area contributed by atoms with Gasteiger partial charge in [-0.25, -0.2) is 4.68 Å². The van der Waals surface area contributed by atoms with Crippen molar-refractivity contribution in [1.82, 2.24) is 9.78 Å². The van der Waals surface area contributed by atoms with Crippen LogP contribution < -0.4 is 5.56 Å². The molecule has 100 valence electrons. The first-order valence-corrected chi connectivity index (χ1v) is 5.50. The van der Waals surface area contributed by atoms with E-state index in [-0.39, 0.29) is 5.56 Å². The number of rotatable bonds is 1. The van der Waals surface area contributed by atoms with Gasteiger partial charge >= 0.3 is 6.18 Å². The molecule has 0 aliphatic carbocycles. The van der Waals surface area contributed by atoms with Crippen LogP contribution in [0.5, 0.6) is 0 Å². The number of aryl methyl sites for hydroxylation is 2. The third-order valence-corrected chi connectivity index (χ3v) is 2.83. The first-order valence-electron chi connectivity index (χ1n) is 5.50. The highest BCUT2D eigenvalue weighted by Gasteiger charge is 2.30. The average Bonchev–Trinajstić information content (AvgIpc) is 2.31. The van der Waals surface area contributed by atoms with E-state index < -0.39 is 11.7 Å². The Hall–Kier alpha value is -2.11. The van der Waals surface area contributed by atoms with Crippen LogP contribution in [0.15, 0.2) is 35.3 Å². The van der Waals surface area contributed by atoms with Crippen LogP contribution in [0.2, 0.25) is 0 Å². The van der Waals surface area contributed by atoms with Gasteiger partial charge in [-0.15, -0.1) is 0 Å². The number of nitrogens with zero attached hydrogens (tertiary/aromatic N) is 2. The Morgan fingerprint density at radius 3 is 2.42 bits per heavy atom. The molecule has 0 aliphatic rings. The Balaban J connectivity index is 2.52. The van der Waals surface area contributed by atoms with E-state index in [2.05, 4.69) is 5.10 Å². The molecule has 19 heavy (non-hydrogen) atoms. The predicted molar refractivity (Wildman–Crippen MR) is 64.7 cm³/mol. The van der Waals surface area contributed by atoms with Gasteiger partial charge in [0.2, 0.25) is 0 Å². The molecule has 0 fully saturated rings. The number of hydrogen-bond acceptors (Lipinski definition) is 2. The van der Waals surface area contributed by atoms with E-state index in [0.717, 1.165) is 16.8 Å². The molecule has 0 amide bonds. The number of halogens is 3. The normalized spacial score (nSPS) is 11.6. The lowest BCUT2D eigenvalue weighted by atomic mass is 10.00. The summed E-state index contributed by atoms with van der Waals surface area (Å²) in [5.74, 6) is 0. The van der Waals surface area contributed by atoms with E-state index in [0.29, 0.717) is 16.7 Å². The van der Waals surface area contributed by atoms with Gasteiger partial charge in [-0.3, -0.25) is 4.79 Å². The van der Waals surface area contributed by atoms with Crippen molar-refractivity contribution in [1.29, 1.82) is 0 Å². The van der Waals surface area contributed by atoms with Crippen LogP contribution in [-0.4, -0.2) is 9.78 Å². The van der Waals surface area contributed by atoms with E-state index in [4.69, 9.17) is 0 Å². The van der Waals surface area contributed by atoms with E-state index in [9.17, 15) is 18.0 Å². The molecular weight excluding hydrogens is 257 g/mol. The van der Waals surface area contributed by atoms with Crippen molar-refractivity contribution in [2.45, 2.75) is 13.1 Å². The maximum atomic E-state index is 12.6. The maximum absolute atomic E-state index is 12.6. The molecule has 1 heterocycles. The second-order valence-corrected chi connectivity index (χ2v) is 4.23. The zero-order valence-electron chi connectivity index (χ0n) is 10.3. The fourth-order valence-electron chi connectivity index (χ4n) is 1.78. The Labute approximate surface area is 107 Å². The lowest BCUT2D eigenvalue weighted by Gasteiger charge is -2.11. The molecule has 0 saturated heterocycles. The topological polar surface area (TPSA) is 34.9 Å². The summed E-state index contributed by atoms with van der Waals surface area (Å²) in [6.07, 6.45) is -2.91. The molecule has 0 aliphatic heterocycles. The second kappa shape index (κ2) is 4.53. The minimum atomic E-state index is -4.37. The largest absolute Gasteiger partial charge is 0.416 e. The van der Waals surface area contributed by atoms with E-state index in [1.54, 1.807) is 6.92 Å². The van der Waals surface area contributed by atoms with Gasteiger partial charge in [-0.2, -0.15) is 18.3 Å². The van der Waals surface area contributed by atoms with E-state index >= 15 is 0 Å². The van der Waals surface area contributed by atoms with Gasteiger partial charge in [0.1, 0.15) is 0 Å². The van der Waals surface area contributed by atoms with Gasteiger partial charge in [0.15, 0.2) is 0 Å². The smallest absolute Gasteiger partial charge is 0.268 e. The molecule has 0 N–H and O–H groups in total. The van der Waals surface area contributed by atoms with Gasteiger partial charge in [0, 0.05) is 18.7 Å². The molecule has 3 nitrogen and oxygen atoms in total. The molecule has 0 saturated carbocycles. The van der Waals surface area contributed by atoms with Crippen molar-refractivity contribution in [2.75, 3.05) is 0 Å². The van der Waals surface area contributed by atoms with Gasteiger partial charge in [-0.1, -0.05) is 6.07 Å². The first-order chi connectivity index (χ1) is 8.79. The summed E-state index contributed by atoms with van der Waals surface area (Å²) in [5, 5.41) is 3.85. The minimum Gasteiger partial charge on any atom is -0.268 e. The van der Waals surface area contributed by atoms with Crippen LogP contribution in [0, 0.1) is 6.92 Å².